The predicted molar refractivity (Wildman–Crippen MR) is 129 cm³/mol. The number of nitriles is 1. The lowest BCUT2D eigenvalue weighted by atomic mass is 10.0. The summed E-state index contributed by atoms with van der Waals surface area (Å²) in [4.78, 5) is 29.6. The number of hydrogen-bond donors (Lipinski definition) is 1. The van der Waals surface area contributed by atoms with Crippen LogP contribution in [0.25, 0.3) is 0 Å². The molecule has 2 saturated heterocycles. The number of benzene rings is 1. The first-order valence-corrected chi connectivity index (χ1v) is 12.1. The van der Waals surface area contributed by atoms with Gasteiger partial charge in [-0.15, -0.1) is 0 Å². The van der Waals surface area contributed by atoms with Gasteiger partial charge < -0.3 is 15.5 Å². The molecule has 11 heteroatoms. The smallest absolute Gasteiger partial charge is 0.369 e. The summed E-state index contributed by atoms with van der Waals surface area (Å²) in [7, 11) is 0. The summed E-state index contributed by atoms with van der Waals surface area (Å²) in [6.45, 7) is 6.42. The molecule has 0 aliphatic carbocycles. The van der Waals surface area contributed by atoms with Crippen molar-refractivity contribution in [2.24, 2.45) is 11.7 Å². The van der Waals surface area contributed by atoms with E-state index in [4.69, 9.17) is 23.2 Å². The number of unbranched alkanes of at least 4 members (excludes halogenated alkanes) is 3. The second-order valence-electron chi connectivity index (χ2n) is 9.58. The molecule has 2 aliphatic heterocycles. The lowest BCUT2D eigenvalue weighted by Crippen LogP contribution is -2.44. The van der Waals surface area contributed by atoms with Gasteiger partial charge in [0, 0.05) is 13.1 Å². The van der Waals surface area contributed by atoms with Gasteiger partial charge in [0.15, 0.2) is 5.11 Å². The van der Waals surface area contributed by atoms with E-state index in [2.05, 4.69) is 4.90 Å². The first kappa shape index (κ1) is 26.9. The van der Waals surface area contributed by atoms with Crippen LogP contribution in [0.4, 0.5) is 18.9 Å². The van der Waals surface area contributed by atoms with Gasteiger partial charge in [-0.25, -0.2) is 0 Å². The second kappa shape index (κ2) is 10.5. The Morgan fingerprint density at radius 2 is 1.89 bits per heavy atom. The number of amides is 2. The van der Waals surface area contributed by atoms with Crippen LogP contribution >= 0.6 is 12.2 Å². The highest BCUT2D eigenvalue weighted by molar-refractivity contribution is 7.80. The highest BCUT2D eigenvalue weighted by atomic mass is 32.1. The Bertz CT molecular complexity index is 1040. The SMILES string of the molecule is CC1(C)C(=O)N(c2ccc(C#N)c(C(F)(F)F)c2)C(=S)N1CCCCCCN1CC[C@H](C(N)=O)C1. The van der Waals surface area contributed by atoms with Gasteiger partial charge in [-0.2, -0.15) is 18.4 Å². The molecule has 190 valence electrons. The Hall–Kier alpha value is -2.71. The van der Waals surface area contributed by atoms with E-state index >= 15 is 0 Å². The van der Waals surface area contributed by atoms with Crippen molar-refractivity contribution in [3.8, 4) is 6.07 Å². The number of anilines is 1. The number of likely N-dealkylation sites (tertiary alicyclic amines) is 1. The molecule has 35 heavy (non-hydrogen) atoms. The molecule has 2 aliphatic rings. The van der Waals surface area contributed by atoms with E-state index in [0.29, 0.717) is 6.54 Å². The zero-order chi connectivity index (χ0) is 26.0. The summed E-state index contributed by atoms with van der Waals surface area (Å²) in [6, 6.07) is 4.74. The minimum absolute atomic E-state index is 0.00165. The van der Waals surface area contributed by atoms with Crippen molar-refractivity contribution in [1.82, 2.24) is 9.80 Å². The predicted octanol–water partition coefficient (Wildman–Crippen LogP) is 3.66. The molecule has 3 rings (SSSR count). The third-order valence-electron chi connectivity index (χ3n) is 6.79. The number of thiocarbonyl (C=S) groups is 1. The van der Waals surface area contributed by atoms with Crippen molar-refractivity contribution < 1.29 is 22.8 Å². The van der Waals surface area contributed by atoms with Gasteiger partial charge in [0.1, 0.15) is 5.54 Å². The van der Waals surface area contributed by atoms with E-state index in [0.717, 1.165) is 68.8 Å². The Morgan fingerprint density at radius 3 is 2.46 bits per heavy atom. The first-order chi connectivity index (χ1) is 16.4. The van der Waals surface area contributed by atoms with Crippen LogP contribution in [0, 0.1) is 17.2 Å². The quantitative estimate of drug-likeness (QED) is 0.404. The van der Waals surface area contributed by atoms with Gasteiger partial charge in [0.25, 0.3) is 5.91 Å². The summed E-state index contributed by atoms with van der Waals surface area (Å²) in [5.41, 5.74) is 2.78. The van der Waals surface area contributed by atoms with Crippen molar-refractivity contribution in [3.05, 3.63) is 29.3 Å². The molecule has 7 nitrogen and oxygen atoms in total. The monoisotopic (exact) mass is 509 g/mol. The van der Waals surface area contributed by atoms with Crippen LogP contribution in [0.2, 0.25) is 0 Å². The molecule has 0 unspecified atom stereocenters. The topological polar surface area (TPSA) is 93.7 Å². The largest absolute Gasteiger partial charge is 0.417 e. The molecule has 2 fully saturated rings. The maximum Gasteiger partial charge on any atom is 0.417 e. The number of carbonyl (C=O) groups is 2. The summed E-state index contributed by atoms with van der Waals surface area (Å²) in [5, 5.41) is 9.19. The van der Waals surface area contributed by atoms with Gasteiger partial charge in [0.05, 0.1) is 28.8 Å². The summed E-state index contributed by atoms with van der Waals surface area (Å²) in [6.07, 6.45) is -0.278. The molecule has 2 heterocycles. The second-order valence-corrected chi connectivity index (χ2v) is 9.94. The van der Waals surface area contributed by atoms with Gasteiger partial charge >= 0.3 is 6.18 Å². The minimum Gasteiger partial charge on any atom is -0.369 e. The van der Waals surface area contributed by atoms with Crippen LogP contribution in [0.1, 0.15) is 57.1 Å². The number of primary amides is 1. The molecule has 2 N–H and O–H groups in total. The molecule has 0 saturated carbocycles. The van der Waals surface area contributed by atoms with E-state index in [-0.39, 0.29) is 22.6 Å². The molecular formula is C24H30F3N5O2S. The lowest BCUT2D eigenvalue weighted by molar-refractivity contribution is -0.137. The Labute approximate surface area is 208 Å². The standard InChI is InChI=1S/C24H30F3N5O2S/c1-23(2)21(34)32(18-8-7-16(14-28)19(13-18)24(25,26)27)22(35)31(23)11-6-4-3-5-10-30-12-9-17(15-30)20(29)33/h7-8,13,17H,3-6,9-12,15H2,1-2H3,(H2,29,33)/t17-/m0/s1. The Kier molecular flexibility index (Phi) is 8.07. The summed E-state index contributed by atoms with van der Waals surface area (Å²) in [5.74, 6) is -0.702. The van der Waals surface area contributed by atoms with Crippen LogP contribution < -0.4 is 10.6 Å². The van der Waals surface area contributed by atoms with Crippen molar-refractivity contribution in [2.75, 3.05) is 31.1 Å². The van der Waals surface area contributed by atoms with Crippen molar-refractivity contribution >= 4 is 34.8 Å². The number of carbonyl (C=O) groups excluding carboxylic acids is 2. The van der Waals surface area contributed by atoms with E-state index in [1.165, 1.54) is 6.07 Å². The zero-order valence-electron chi connectivity index (χ0n) is 19.9. The van der Waals surface area contributed by atoms with Crippen LogP contribution in [0.5, 0.6) is 0 Å². The third kappa shape index (κ3) is 5.76. The molecule has 1 aromatic rings. The average Bonchev–Trinajstić information content (AvgIpc) is 3.32. The zero-order valence-corrected chi connectivity index (χ0v) is 20.7. The van der Waals surface area contributed by atoms with E-state index in [1.54, 1.807) is 24.8 Å². The van der Waals surface area contributed by atoms with Crippen molar-refractivity contribution in [2.45, 2.75) is 57.7 Å². The highest BCUT2D eigenvalue weighted by Gasteiger charge is 2.49. The number of hydrogen-bond acceptors (Lipinski definition) is 5. The molecule has 2 amide bonds. The van der Waals surface area contributed by atoms with Crippen LogP contribution in [-0.2, 0) is 15.8 Å². The van der Waals surface area contributed by atoms with Crippen molar-refractivity contribution in [1.29, 1.82) is 5.26 Å². The number of alkyl halides is 3. The third-order valence-corrected chi connectivity index (χ3v) is 7.19. The highest BCUT2D eigenvalue weighted by Crippen LogP contribution is 2.38. The number of rotatable bonds is 9. The van der Waals surface area contributed by atoms with Gasteiger partial charge in [-0.3, -0.25) is 14.5 Å². The van der Waals surface area contributed by atoms with E-state index in [9.17, 15) is 22.8 Å². The normalized spacial score (nSPS) is 20.5. The summed E-state index contributed by atoms with van der Waals surface area (Å²) < 4.78 is 40.3. The molecule has 0 spiro atoms. The molecule has 0 bridgehead atoms. The average molecular weight is 510 g/mol. The van der Waals surface area contributed by atoms with E-state index < -0.39 is 28.7 Å². The van der Waals surface area contributed by atoms with Crippen LogP contribution in [0.3, 0.4) is 0 Å². The maximum atomic E-state index is 13.4. The molecule has 0 radical (unpaired) electrons. The maximum absolute atomic E-state index is 13.4. The van der Waals surface area contributed by atoms with Gasteiger partial charge in [0.2, 0.25) is 5.91 Å². The Balaban J connectivity index is 1.57. The Morgan fingerprint density at radius 1 is 1.23 bits per heavy atom. The van der Waals surface area contributed by atoms with Crippen LogP contribution in [0.15, 0.2) is 18.2 Å². The van der Waals surface area contributed by atoms with Gasteiger partial charge in [-0.05, 0) is 76.6 Å². The fourth-order valence-corrected chi connectivity index (χ4v) is 5.18. The minimum atomic E-state index is -4.73. The van der Waals surface area contributed by atoms with Crippen molar-refractivity contribution in [3.63, 3.8) is 0 Å². The molecule has 0 aromatic heterocycles. The van der Waals surface area contributed by atoms with E-state index in [1.807, 2.05) is 0 Å². The fourth-order valence-electron chi connectivity index (χ4n) is 4.67. The fraction of sp³-hybridized carbons (Fsp3) is 0.583. The molecular weight excluding hydrogens is 479 g/mol. The summed E-state index contributed by atoms with van der Waals surface area (Å²) >= 11 is 5.51. The first-order valence-electron chi connectivity index (χ1n) is 11.7. The number of halogens is 3. The lowest BCUT2D eigenvalue weighted by Gasteiger charge is -2.29. The number of nitrogens with zero attached hydrogens (tertiary/aromatic N) is 4. The number of nitrogens with two attached hydrogens (primary N) is 1. The van der Waals surface area contributed by atoms with Crippen LogP contribution in [-0.4, -0.2) is 58.4 Å². The molecule has 1 atom stereocenters. The molecule has 1 aromatic carbocycles. The van der Waals surface area contributed by atoms with Gasteiger partial charge in [-0.1, -0.05) is 12.8 Å².